The normalized spacial score (nSPS) is 11.6. The van der Waals surface area contributed by atoms with Gasteiger partial charge in [0.1, 0.15) is 46.4 Å². The van der Waals surface area contributed by atoms with E-state index >= 15 is 0 Å². The van der Waals surface area contributed by atoms with Crippen molar-refractivity contribution in [3.05, 3.63) is 288 Å². The highest BCUT2D eigenvalue weighted by Gasteiger charge is 2.46. The number of hydrogen-bond acceptors (Lipinski definition) is 2. The molecule has 0 aliphatic carbocycles. The van der Waals surface area contributed by atoms with Crippen LogP contribution in [0.15, 0.2) is 255 Å². The highest BCUT2D eigenvalue weighted by atomic mass is 31.2. The molecule has 0 atom stereocenters. The van der Waals surface area contributed by atoms with Crippen LogP contribution in [-0.2, 0) is 38.5 Å². The van der Waals surface area contributed by atoms with E-state index in [0.29, 0.717) is 0 Å². The molecule has 9 aromatic rings. The van der Waals surface area contributed by atoms with Gasteiger partial charge in [0.2, 0.25) is 0 Å². The van der Waals surface area contributed by atoms with Crippen molar-refractivity contribution < 1.29 is 0 Å². The molecule has 0 saturated carbocycles. The SMILES string of the molecule is c1ccc([P+](Cc2ccc(CNCc3cccc(CNCc4ccc(C[P+](c5ccccc5)(c5ccccc5)c5ccccc5)cc4)c3)cc2)(c2ccccc2)c2ccccc2)cc1. The van der Waals surface area contributed by atoms with Crippen molar-refractivity contribution in [2.24, 2.45) is 0 Å². The number of benzene rings is 9. The van der Waals surface area contributed by atoms with Crippen LogP contribution in [0.3, 0.4) is 0 Å². The second-order valence-electron chi connectivity index (χ2n) is 16.6. The first kappa shape index (κ1) is 43.0. The summed E-state index contributed by atoms with van der Waals surface area (Å²) < 4.78 is 0. The van der Waals surface area contributed by atoms with Gasteiger partial charge in [-0.25, -0.2) is 0 Å². The smallest absolute Gasteiger partial charge is 0.116 e. The molecule has 0 aliphatic heterocycles. The number of nitrogens with one attached hydrogen (secondary N) is 2. The summed E-state index contributed by atoms with van der Waals surface area (Å²) >= 11 is 0. The van der Waals surface area contributed by atoms with Gasteiger partial charge in [-0.1, -0.05) is 182 Å². The largest absolute Gasteiger partial charge is 0.309 e. The molecule has 0 bridgehead atoms. The average molecular weight is 867 g/mol. The fourth-order valence-electron chi connectivity index (χ4n) is 9.16. The first-order valence-corrected chi connectivity index (χ1v) is 26.4. The molecule has 9 rings (SSSR count). The summed E-state index contributed by atoms with van der Waals surface area (Å²) in [6.45, 7) is 3.28. The van der Waals surface area contributed by atoms with Crippen LogP contribution in [0.4, 0.5) is 0 Å². The Kier molecular flexibility index (Phi) is 14.1. The first-order valence-electron chi connectivity index (χ1n) is 22.4. The Morgan fingerprint density at radius 2 is 0.453 bits per heavy atom. The van der Waals surface area contributed by atoms with Crippen LogP contribution in [0.2, 0.25) is 0 Å². The predicted molar refractivity (Wildman–Crippen MR) is 278 cm³/mol. The number of hydrogen-bond donors (Lipinski definition) is 2. The van der Waals surface area contributed by atoms with Crippen LogP contribution >= 0.6 is 14.5 Å². The standard InChI is InChI=1S/C60H56N2P2/c1-7-22-55(23-8-1)63(56-24-9-2-10-25-56,57-26-11-3-12-27-57)47-51-38-34-49(35-39-51)43-61-45-53-20-19-21-54(42-53)46-62-44-50-36-40-52(41-37-50)48-64(58-28-13-4-14-29-58,59-30-15-5-16-31-59)60-32-17-6-18-33-60/h1-42,61-62H,43-48H2/q+2. The van der Waals surface area contributed by atoms with Crippen LogP contribution in [0.25, 0.3) is 0 Å². The van der Waals surface area contributed by atoms with Gasteiger partial charge in [0, 0.05) is 26.2 Å². The van der Waals surface area contributed by atoms with Gasteiger partial charge in [-0.3, -0.25) is 0 Å². The molecule has 0 amide bonds. The molecule has 314 valence electrons. The predicted octanol–water partition coefficient (Wildman–Crippen LogP) is 11.3. The summed E-state index contributed by atoms with van der Waals surface area (Å²) in [6, 6.07) is 94.4. The van der Waals surface area contributed by atoms with E-state index in [1.54, 1.807) is 0 Å². The van der Waals surface area contributed by atoms with Crippen LogP contribution < -0.4 is 42.5 Å². The third-order valence-corrected chi connectivity index (χ3v) is 21.1. The van der Waals surface area contributed by atoms with E-state index in [4.69, 9.17) is 0 Å². The summed E-state index contributed by atoms with van der Waals surface area (Å²) in [5.41, 5.74) is 7.91. The fourth-order valence-corrected chi connectivity index (χ4v) is 17.6. The van der Waals surface area contributed by atoms with E-state index in [0.717, 1.165) is 38.5 Å². The Hall–Kier alpha value is -6.24. The van der Waals surface area contributed by atoms with E-state index in [2.05, 4.69) is 265 Å². The van der Waals surface area contributed by atoms with E-state index < -0.39 is 14.5 Å². The Morgan fingerprint density at radius 1 is 0.219 bits per heavy atom. The minimum absolute atomic E-state index is 0.820. The second kappa shape index (κ2) is 21.0. The maximum atomic E-state index is 3.71. The molecular weight excluding hydrogens is 811 g/mol. The van der Waals surface area contributed by atoms with Crippen LogP contribution in [0.5, 0.6) is 0 Å². The molecule has 2 nitrogen and oxygen atoms in total. The summed E-state index contributed by atoms with van der Waals surface area (Å²) in [4.78, 5) is 0. The zero-order valence-corrected chi connectivity index (χ0v) is 38.2. The van der Waals surface area contributed by atoms with Crippen molar-refractivity contribution in [2.75, 3.05) is 0 Å². The van der Waals surface area contributed by atoms with Gasteiger partial charge in [0.05, 0.1) is 12.3 Å². The van der Waals surface area contributed by atoms with E-state index in [9.17, 15) is 0 Å². The topological polar surface area (TPSA) is 24.1 Å². The highest BCUT2D eigenvalue weighted by Crippen LogP contribution is 2.59. The van der Waals surface area contributed by atoms with Crippen molar-refractivity contribution in [3.63, 3.8) is 0 Å². The Bertz CT molecular complexity index is 2400. The summed E-state index contributed by atoms with van der Waals surface area (Å²) in [6.07, 6.45) is 1.95. The van der Waals surface area contributed by atoms with Gasteiger partial charge in [0.25, 0.3) is 0 Å². The maximum Gasteiger partial charge on any atom is 0.116 e. The average Bonchev–Trinajstić information content (AvgIpc) is 3.37. The lowest BCUT2D eigenvalue weighted by Crippen LogP contribution is -2.32. The zero-order valence-electron chi connectivity index (χ0n) is 36.4. The Balaban J connectivity index is 0.812. The highest BCUT2D eigenvalue weighted by molar-refractivity contribution is 7.95. The number of rotatable bonds is 18. The monoisotopic (exact) mass is 866 g/mol. The van der Waals surface area contributed by atoms with Gasteiger partial charge in [-0.05, 0) is 106 Å². The summed E-state index contributed by atoms with van der Waals surface area (Å²) in [5.74, 6) is 0. The van der Waals surface area contributed by atoms with Crippen molar-refractivity contribution in [1.29, 1.82) is 0 Å². The van der Waals surface area contributed by atoms with Crippen molar-refractivity contribution >= 4 is 46.4 Å². The molecule has 4 heteroatoms. The molecule has 0 heterocycles. The van der Waals surface area contributed by atoms with Crippen LogP contribution in [0.1, 0.15) is 33.4 Å². The molecule has 2 N–H and O–H groups in total. The van der Waals surface area contributed by atoms with Crippen LogP contribution in [0, 0.1) is 0 Å². The minimum Gasteiger partial charge on any atom is -0.309 e. The molecule has 9 aromatic carbocycles. The molecule has 0 saturated heterocycles. The van der Waals surface area contributed by atoms with Crippen LogP contribution in [-0.4, -0.2) is 0 Å². The Morgan fingerprint density at radius 3 is 0.719 bits per heavy atom. The van der Waals surface area contributed by atoms with Gasteiger partial charge in [-0.2, -0.15) is 0 Å². The second-order valence-corrected chi connectivity index (χ2v) is 23.6. The first-order chi connectivity index (χ1) is 31.7. The molecule has 0 unspecified atom stereocenters. The lowest BCUT2D eigenvalue weighted by molar-refractivity contribution is 0.681. The third-order valence-electron chi connectivity index (χ3n) is 12.4. The minimum atomic E-state index is -1.94. The lowest BCUT2D eigenvalue weighted by atomic mass is 10.1. The van der Waals surface area contributed by atoms with E-state index in [1.807, 2.05) is 0 Å². The molecular formula is C60H56N2P2+2. The van der Waals surface area contributed by atoms with E-state index in [-0.39, 0.29) is 0 Å². The van der Waals surface area contributed by atoms with Gasteiger partial charge >= 0.3 is 0 Å². The van der Waals surface area contributed by atoms with Gasteiger partial charge in [0.15, 0.2) is 0 Å². The van der Waals surface area contributed by atoms with Gasteiger partial charge < -0.3 is 10.6 Å². The van der Waals surface area contributed by atoms with Crippen molar-refractivity contribution in [2.45, 2.75) is 38.5 Å². The summed E-state index contributed by atoms with van der Waals surface area (Å²) in [7, 11) is -3.88. The molecule has 0 spiro atoms. The maximum absolute atomic E-state index is 3.71. The molecule has 0 radical (unpaired) electrons. The fraction of sp³-hybridized carbons (Fsp3) is 0.100. The molecule has 0 aromatic heterocycles. The van der Waals surface area contributed by atoms with Crippen molar-refractivity contribution in [3.8, 4) is 0 Å². The lowest BCUT2D eigenvalue weighted by Gasteiger charge is -2.28. The van der Waals surface area contributed by atoms with Crippen molar-refractivity contribution in [1.82, 2.24) is 10.6 Å². The zero-order chi connectivity index (χ0) is 43.3. The molecule has 64 heavy (non-hydrogen) atoms. The summed E-state index contributed by atoms with van der Waals surface area (Å²) in [5, 5.41) is 15.9. The third kappa shape index (κ3) is 9.93. The van der Waals surface area contributed by atoms with Gasteiger partial charge in [-0.15, -0.1) is 0 Å². The quantitative estimate of drug-likeness (QED) is 0.0840. The van der Waals surface area contributed by atoms with E-state index in [1.165, 1.54) is 65.2 Å². The molecule has 0 fully saturated rings. The molecule has 0 aliphatic rings. The Labute approximate surface area is 381 Å².